The lowest BCUT2D eigenvalue weighted by atomic mass is 10.1. The molecular formula is C14H12N2O5. The van der Waals surface area contributed by atoms with Crippen LogP contribution in [0.25, 0.3) is 0 Å². The van der Waals surface area contributed by atoms with Gasteiger partial charge >= 0.3 is 5.97 Å². The number of carboxylic acids is 1. The molecule has 7 heteroatoms. The lowest BCUT2D eigenvalue weighted by Crippen LogP contribution is -2.19. The third kappa shape index (κ3) is 2.97. The Kier molecular flexibility index (Phi) is 3.84. The van der Waals surface area contributed by atoms with Gasteiger partial charge in [-0.05, 0) is 6.92 Å². The molecule has 0 fully saturated rings. The monoisotopic (exact) mass is 288 g/mol. The minimum Gasteiger partial charge on any atom is -0.477 e. The third-order valence-corrected chi connectivity index (χ3v) is 3.10. The molecule has 0 aliphatic carbocycles. The first kappa shape index (κ1) is 14.4. The van der Waals surface area contributed by atoms with Gasteiger partial charge in [-0.1, -0.05) is 18.2 Å². The molecule has 1 heterocycles. The predicted molar refractivity (Wildman–Crippen MR) is 74.6 cm³/mol. The second-order valence-corrected chi connectivity index (χ2v) is 4.51. The fourth-order valence-corrected chi connectivity index (χ4v) is 2.01. The van der Waals surface area contributed by atoms with Gasteiger partial charge in [0.25, 0.3) is 5.69 Å². The molecule has 0 bridgehead atoms. The average molecular weight is 288 g/mol. The number of nitro groups is 1. The van der Waals surface area contributed by atoms with Crippen LogP contribution in [0.3, 0.4) is 0 Å². The molecule has 0 aliphatic heterocycles. The molecule has 0 saturated heterocycles. The van der Waals surface area contributed by atoms with Crippen molar-refractivity contribution < 1.29 is 14.8 Å². The van der Waals surface area contributed by atoms with Crippen LogP contribution in [-0.2, 0) is 6.54 Å². The van der Waals surface area contributed by atoms with Crippen molar-refractivity contribution in [3.05, 3.63) is 73.7 Å². The Morgan fingerprint density at radius 2 is 2.05 bits per heavy atom. The molecule has 2 aromatic rings. The Hall–Kier alpha value is -2.96. The molecule has 108 valence electrons. The molecule has 7 nitrogen and oxygen atoms in total. The van der Waals surface area contributed by atoms with Crippen LogP contribution >= 0.6 is 0 Å². The zero-order chi connectivity index (χ0) is 15.6. The molecule has 21 heavy (non-hydrogen) atoms. The van der Waals surface area contributed by atoms with Crippen molar-refractivity contribution in [3.8, 4) is 0 Å². The van der Waals surface area contributed by atoms with Crippen molar-refractivity contribution in [3.63, 3.8) is 0 Å². The van der Waals surface area contributed by atoms with Crippen molar-refractivity contribution in [2.45, 2.75) is 13.5 Å². The summed E-state index contributed by atoms with van der Waals surface area (Å²) in [6.07, 6.45) is 1.21. The van der Waals surface area contributed by atoms with Crippen LogP contribution in [0.2, 0.25) is 0 Å². The number of hydrogen-bond acceptors (Lipinski definition) is 4. The van der Waals surface area contributed by atoms with Crippen LogP contribution in [0.1, 0.15) is 21.6 Å². The molecule has 0 radical (unpaired) electrons. The van der Waals surface area contributed by atoms with E-state index in [-0.39, 0.29) is 17.8 Å². The van der Waals surface area contributed by atoms with Gasteiger partial charge in [0, 0.05) is 29.6 Å². The molecule has 0 spiro atoms. The number of aromatic carboxylic acids is 1. The quantitative estimate of drug-likeness (QED) is 0.682. The van der Waals surface area contributed by atoms with E-state index in [2.05, 4.69) is 0 Å². The van der Waals surface area contributed by atoms with Gasteiger partial charge in [-0.15, -0.1) is 0 Å². The van der Waals surface area contributed by atoms with Crippen molar-refractivity contribution in [1.82, 2.24) is 4.57 Å². The standard InChI is InChI=1S/C14H12N2O5/c1-9-6-13(17)11(14(18)19)8-15(9)7-10-4-2-3-5-12(10)16(20)21/h2-6,8H,7H2,1H3,(H,18,19). The summed E-state index contributed by atoms with van der Waals surface area (Å²) in [7, 11) is 0. The van der Waals surface area contributed by atoms with E-state index in [9.17, 15) is 19.7 Å². The third-order valence-electron chi connectivity index (χ3n) is 3.10. The molecule has 0 unspecified atom stereocenters. The molecule has 0 atom stereocenters. The highest BCUT2D eigenvalue weighted by atomic mass is 16.6. The largest absolute Gasteiger partial charge is 0.477 e. The van der Waals surface area contributed by atoms with E-state index >= 15 is 0 Å². The normalized spacial score (nSPS) is 10.3. The topological polar surface area (TPSA) is 102 Å². The first-order valence-electron chi connectivity index (χ1n) is 6.07. The van der Waals surface area contributed by atoms with Crippen LogP contribution in [0.5, 0.6) is 0 Å². The van der Waals surface area contributed by atoms with E-state index in [0.717, 1.165) is 0 Å². The number of benzene rings is 1. The van der Waals surface area contributed by atoms with E-state index in [1.165, 1.54) is 22.9 Å². The van der Waals surface area contributed by atoms with Crippen LogP contribution in [0.15, 0.2) is 41.3 Å². The number of para-hydroxylation sites is 1. The fraction of sp³-hybridized carbons (Fsp3) is 0.143. The number of hydrogen-bond donors (Lipinski definition) is 1. The van der Waals surface area contributed by atoms with Crippen LogP contribution in [0, 0.1) is 17.0 Å². The summed E-state index contributed by atoms with van der Waals surface area (Å²) in [6, 6.07) is 7.40. The first-order valence-corrected chi connectivity index (χ1v) is 6.07. The van der Waals surface area contributed by atoms with Gasteiger partial charge in [0.1, 0.15) is 5.56 Å². The average Bonchev–Trinajstić information content (AvgIpc) is 2.41. The van der Waals surface area contributed by atoms with Crippen LogP contribution in [-0.4, -0.2) is 20.6 Å². The summed E-state index contributed by atoms with van der Waals surface area (Å²) >= 11 is 0. The lowest BCUT2D eigenvalue weighted by Gasteiger charge is -2.11. The van der Waals surface area contributed by atoms with Gasteiger partial charge in [0.05, 0.1) is 11.5 Å². The molecule has 1 aromatic carbocycles. The summed E-state index contributed by atoms with van der Waals surface area (Å²) in [6.45, 7) is 1.76. The lowest BCUT2D eigenvalue weighted by molar-refractivity contribution is -0.385. The highest BCUT2D eigenvalue weighted by molar-refractivity contribution is 5.87. The van der Waals surface area contributed by atoms with Gasteiger partial charge in [-0.2, -0.15) is 0 Å². The Balaban J connectivity index is 2.50. The van der Waals surface area contributed by atoms with E-state index < -0.39 is 16.3 Å². The number of rotatable bonds is 4. The van der Waals surface area contributed by atoms with Gasteiger partial charge < -0.3 is 9.67 Å². The molecule has 0 saturated carbocycles. The van der Waals surface area contributed by atoms with Gasteiger partial charge in [-0.25, -0.2) is 4.79 Å². The molecule has 0 aliphatic rings. The molecule has 0 amide bonds. The summed E-state index contributed by atoms with van der Waals surface area (Å²) in [4.78, 5) is 33.0. The highest BCUT2D eigenvalue weighted by Gasteiger charge is 2.15. The summed E-state index contributed by atoms with van der Waals surface area (Å²) in [5.41, 5.74) is -0.0285. The van der Waals surface area contributed by atoms with E-state index in [4.69, 9.17) is 5.11 Å². The van der Waals surface area contributed by atoms with Crippen molar-refractivity contribution >= 4 is 11.7 Å². The maximum Gasteiger partial charge on any atom is 0.341 e. The maximum absolute atomic E-state index is 11.6. The Bertz CT molecular complexity index is 779. The Labute approximate surface area is 119 Å². The van der Waals surface area contributed by atoms with Crippen molar-refractivity contribution in [2.24, 2.45) is 0 Å². The van der Waals surface area contributed by atoms with Gasteiger partial charge in [0.2, 0.25) is 0 Å². The number of carboxylic acid groups (broad SMARTS) is 1. The second kappa shape index (κ2) is 5.58. The van der Waals surface area contributed by atoms with Crippen LogP contribution < -0.4 is 5.43 Å². The maximum atomic E-state index is 11.6. The zero-order valence-corrected chi connectivity index (χ0v) is 11.1. The van der Waals surface area contributed by atoms with Crippen LogP contribution in [0.4, 0.5) is 5.69 Å². The molecular weight excluding hydrogens is 276 g/mol. The number of carbonyl (C=O) groups is 1. The number of pyridine rings is 1. The van der Waals surface area contributed by atoms with E-state index in [1.54, 1.807) is 25.1 Å². The van der Waals surface area contributed by atoms with Crippen molar-refractivity contribution in [1.29, 1.82) is 0 Å². The zero-order valence-electron chi connectivity index (χ0n) is 11.1. The molecule has 2 rings (SSSR count). The molecule has 1 N–H and O–H groups in total. The number of nitrogens with zero attached hydrogens (tertiary/aromatic N) is 2. The van der Waals surface area contributed by atoms with E-state index in [0.29, 0.717) is 11.3 Å². The summed E-state index contributed by atoms with van der Waals surface area (Å²) in [5.74, 6) is -1.32. The number of aromatic nitrogens is 1. The molecule has 1 aromatic heterocycles. The highest BCUT2D eigenvalue weighted by Crippen LogP contribution is 2.19. The van der Waals surface area contributed by atoms with Crippen molar-refractivity contribution in [2.75, 3.05) is 0 Å². The van der Waals surface area contributed by atoms with Gasteiger partial charge in [0.15, 0.2) is 5.43 Å². The Morgan fingerprint density at radius 3 is 2.67 bits per heavy atom. The summed E-state index contributed by atoms with van der Waals surface area (Å²) < 4.78 is 1.51. The second-order valence-electron chi connectivity index (χ2n) is 4.51. The SMILES string of the molecule is Cc1cc(=O)c(C(=O)O)cn1Cc1ccccc1[N+](=O)[O-]. The first-order chi connectivity index (χ1) is 9.90. The minimum absolute atomic E-state index is 0.0486. The van der Waals surface area contributed by atoms with E-state index in [1.807, 2.05) is 0 Å². The fourth-order valence-electron chi connectivity index (χ4n) is 2.01. The smallest absolute Gasteiger partial charge is 0.341 e. The number of aryl methyl sites for hydroxylation is 1. The summed E-state index contributed by atoms with van der Waals surface area (Å²) in [5, 5.41) is 19.9. The van der Waals surface area contributed by atoms with Gasteiger partial charge in [-0.3, -0.25) is 14.9 Å². The Morgan fingerprint density at radius 1 is 1.38 bits per heavy atom. The minimum atomic E-state index is -1.32. The number of nitro benzene ring substituents is 1. The predicted octanol–water partition coefficient (Wildman–Crippen LogP) is 1.81.